The second-order valence-electron chi connectivity index (χ2n) is 6.03. The molecule has 1 amide bonds. The van der Waals surface area contributed by atoms with Crippen LogP contribution in [0.3, 0.4) is 0 Å². The maximum Gasteiger partial charge on any atom is 0.273 e. The molecule has 6 heteroatoms. The summed E-state index contributed by atoms with van der Waals surface area (Å²) in [6.07, 6.45) is 3.54. The first-order chi connectivity index (χ1) is 10.4. The Morgan fingerprint density at radius 3 is 2.55 bits per heavy atom. The number of carbonyl (C=O) groups excluding carboxylic acids is 1. The Morgan fingerprint density at radius 2 is 2.00 bits per heavy atom. The van der Waals surface area contributed by atoms with Crippen molar-refractivity contribution in [2.24, 2.45) is 5.92 Å². The lowest BCUT2D eigenvalue weighted by molar-refractivity contribution is -0.385. The lowest BCUT2D eigenvalue weighted by Crippen LogP contribution is -2.39. The van der Waals surface area contributed by atoms with Gasteiger partial charge in [0.15, 0.2) is 0 Å². The quantitative estimate of drug-likeness (QED) is 0.684. The number of nitro groups is 1. The van der Waals surface area contributed by atoms with E-state index in [0.29, 0.717) is 17.0 Å². The molecule has 1 N–H and O–H groups in total. The van der Waals surface area contributed by atoms with Crippen LogP contribution in [0.2, 0.25) is 0 Å². The zero-order chi connectivity index (χ0) is 16.3. The summed E-state index contributed by atoms with van der Waals surface area (Å²) in [6, 6.07) is 4.74. The van der Waals surface area contributed by atoms with Crippen LogP contribution in [0.5, 0.6) is 0 Å². The third-order valence-electron chi connectivity index (χ3n) is 4.60. The molecule has 0 radical (unpaired) electrons. The zero-order valence-electron chi connectivity index (χ0n) is 13.0. The number of aryl methyl sites for hydroxylation is 1. The predicted octanol–water partition coefficient (Wildman–Crippen LogP) is 2.53. The summed E-state index contributed by atoms with van der Waals surface area (Å²) in [7, 11) is 1.75. The van der Waals surface area contributed by atoms with Crippen molar-refractivity contribution in [3.8, 4) is 0 Å². The number of nitrogens with zero attached hydrogens (tertiary/aromatic N) is 2. The van der Waals surface area contributed by atoms with Gasteiger partial charge >= 0.3 is 0 Å². The van der Waals surface area contributed by atoms with Gasteiger partial charge in [-0.2, -0.15) is 0 Å². The molecular formula is C16H22N2O4. The highest BCUT2D eigenvalue weighted by atomic mass is 16.6. The molecule has 6 nitrogen and oxygen atoms in total. The predicted molar refractivity (Wildman–Crippen MR) is 82.8 cm³/mol. The Morgan fingerprint density at radius 1 is 1.36 bits per heavy atom. The van der Waals surface area contributed by atoms with Crippen LogP contribution < -0.4 is 0 Å². The average molecular weight is 306 g/mol. The zero-order valence-corrected chi connectivity index (χ0v) is 13.0. The summed E-state index contributed by atoms with van der Waals surface area (Å²) in [6.45, 7) is 1.86. The van der Waals surface area contributed by atoms with E-state index in [1.54, 1.807) is 31.0 Å². The molecule has 1 aliphatic rings. The van der Waals surface area contributed by atoms with Gasteiger partial charge in [-0.25, -0.2) is 0 Å². The molecule has 0 aromatic heterocycles. The van der Waals surface area contributed by atoms with Gasteiger partial charge in [-0.15, -0.1) is 0 Å². The fraction of sp³-hybridized carbons (Fsp3) is 0.562. The molecule has 2 rings (SSSR count). The van der Waals surface area contributed by atoms with Gasteiger partial charge < -0.3 is 10.0 Å². The molecule has 22 heavy (non-hydrogen) atoms. The maximum atomic E-state index is 12.5. The van der Waals surface area contributed by atoms with Crippen LogP contribution in [0.25, 0.3) is 0 Å². The summed E-state index contributed by atoms with van der Waals surface area (Å²) in [5, 5.41) is 20.2. The number of benzene rings is 1. The minimum atomic E-state index is -0.460. The highest BCUT2D eigenvalue weighted by molar-refractivity contribution is 5.95. The van der Waals surface area contributed by atoms with E-state index in [1.165, 1.54) is 6.07 Å². The summed E-state index contributed by atoms with van der Waals surface area (Å²) in [5.41, 5.74) is 0.875. The first kappa shape index (κ1) is 16.4. The summed E-state index contributed by atoms with van der Waals surface area (Å²) in [5.74, 6) is 0.149. The van der Waals surface area contributed by atoms with E-state index in [0.717, 1.165) is 25.7 Å². The number of aliphatic hydroxyl groups is 1. The lowest BCUT2D eigenvalue weighted by Gasteiger charge is -2.34. The first-order valence-electron chi connectivity index (χ1n) is 7.57. The van der Waals surface area contributed by atoms with E-state index >= 15 is 0 Å². The van der Waals surface area contributed by atoms with Crippen LogP contribution in [0.1, 0.15) is 41.6 Å². The first-order valence-corrected chi connectivity index (χ1v) is 7.57. The molecule has 0 atom stereocenters. The van der Waals surface area contributed by atoms with Gasteiger partial charge in [0.25, 0.3) is 11.6 Å². The molecule has 1 fully saturated rings. The molecule has 1 aliphatic carbocycles. The number of aliphatic hydroxyl groups excluding tert-OH is 1. The van der Waals surface area contributed by atoms with Crippen molar-refractivity contribution in [1.82, 2.24) is 4.90 Å². The van der Waals surface area contributed by atoms with Gasteiger partial charge in [0.2, 0.25) is 0 Å². The van der Waals surface area contributed by atoms with Crippen molar-refractivity contribution in [3.05, 3.63) is 39.4 Å². The molecule has 0 heterocycles. The third-order valence-corrected chi connectivity index (χ3v) is 4.60. The Hall–Kier alpha value is -1.95. The highest BCUT2D eigenvalue weighted by Gasteiger charge is 2.27. The number of amides is 1. The minimum absolute atomic E-state index is 0.0248. The standard InChI is InChI=1S/C16H22N2O4/c1-11-3-6-13(9-15(11)18(21)22)16(20)17(2)14-7-4-12(10-19)5-8-14/h3,6,9,12,14,19H,4-5,7-8,10H2,1-2H3. The number of hydrogen-bond donors (Lipinski definition) is 1. The molecular weight excluding hydrogens is 284 g/mol. The molecule has 0 unspecified atom stereocenters. The van der Waals surface area contributed by atoms with Gasteiger partial charge in [-0.05, 0) is 44.6 Å². The Bertz CT molecular complexity index is 565. The van der Waals surface area contributed by atoms with E-state index in [4.69, 9.17) is 5.11 Å². The Balaban J connectivity index is 2.11. The normalized spacial score (nSPS) is 21.4. The minimum Gasteiger partial charge on any atom is -0.396 e. The summed E-state index contributed by atoms with van der Waals surface area (Å²) < 4.78 is 0. The van der Waals surface area contributed by atoms with Crippen LogP contribution in [-0.4, -0.2) is 40.5 Å². The van der Waals surface area contributed by atoms with Crippen molar-refractivity contribution >= 4 is 11.6 Å². The van der Waals surface area contributed by atoms with E-state index in [-0.39, 0.29) is 24.2 Å². The van der Waals surface area contributed by atoms with Crippen LogP contribution >= 0.6 is 0 Å². The topological polar surface area (TPSA) is 83.7 Å². The van der Waals surface area contributed by atoms with Gasteiger partial charge in [0.05, 0.1) is 4.92 Å². The number of hydrogen-bond acceptors (Lipinski definition) is 4. The fourth-order valence-electron chi connectivity index (χ4n) is 3.02. The lowest BCUT2D eigenvalue weighted by atomic mass is 9.86. The van der Waals surface area contributed by atoms with Crippen molar-refractivity contribution in [2.45, 2.75) is 38.6 Å². The highest BCUT2D eigenvalue weighted by Crippen LogP contribution is 2.28. The van der Waals surface area contributed by atoms with Gasteiger partial charge in [0.1, 0.15) is 0 Å². The van der Waals surface area contributed by atoms with Crippen molar-refractivity contribution in [2.75, 3.05) is 13.7 Å². The third kappa shape index (κ3) is 3.44. The summed E-state index contributed by atoms with van der Waals surface area (Å²) >= 11 is 0. The number of rotatable bonds is 4. The van der Waals surface area contributed by atoms with E-state index in [1.807, 2.05) is 0 Å². The van der Waals surface area contributed by atoms with Crippen LogP contribution in [0.4, 0.5) is 5.69 Å². The molecule has 1 aromatic rings. The van der Waals surface area contributed by atoms with Crippen molar-refractivity contribution in [1.29, 1.82) is 0 Å². The van der Waals surface area contributed by atoms with Gasteiger partial charge in [-0.1, -0.05) is 6.07 Å². The fourth-order valence-corrected chi connectivity index (χ4v) is 3.02. The monoisotopic (exact) mass is 306 g/mol. The molecule has 1 aromatic carbocycles. The molecule has 0 saturated heterocycles. The van der Waals surface area contributed by atoms with E-state index < -0.39 is 4.92 Å². The van der Waals surface area contributed by atoms with E-state index in [9.17, 15) is 14.9 Å². The van der Waals surface area contributed by atoms with Crippen molar-refractivity contribution in [3.63, 3.8) is 0 Å². The van der Waals surface area contributed by atoms with Gasteiger partial charge in [0, 0.05) is 36.9 Å². The van der Waals surface area contributed by atoms with Crippen LogP contribution in [-0.2, 0) is 0 Å². The average Bonchev–Trinajstić information content (AvgIpc) is 2.53. The smallest absolute Gasteiger partial charge is 0.273 e. The Labute approximate surface area is 129 Å². The van der Waals surface area contributed by atoms with E-state index in [2.05, 4.69) is 0 Å². The van der Waals surface area contributed by atoms with Gasteiger partial charge in [-0.3, -0.25) is 14.9 Å². The number of carbonyl (C=O) groups is 1. The van der Waals surface area contributed by atoms with Crippen molar-refractivity contribution < 1.29 is 14.8 Å². The second-order valence-corrected chi connectivity index (χ2v) is 6.03. The summed E-state index contributed by atoms with van der Waals surface area (Å²) in [4.78, 5) is 24.8. The van der Waals surface area contributed by atoms with Crippen LogP contribution in [0, 0.1) is 23.0 Å². The number of nitro benzene ring substituents is 1. The molecule has 0 spiro atoms. The molecule has 1 saturated carbocycles. The molecule has 120 valence electrons. The SMILES string of the molecule is Cc1ccc(C(=O)N(C)C2CCC(CO)CC2)cc1[N+](=O)[O-]. The van der Waals surface area contributed by atoms with Crippen LogP contribution in [0.15, 0.2) is 18.2 Å². The molecule has 0 bridgehead atoms. The maximum absolute atomic E-state index is 12.5. The second kappa shape index (κ2) is 6.87. The Kier molecular flexibility index (Phi) is 5.13. The molecule has 0 aliphatic heterocycles. The largest absolute Gasteiger partial charge is 0.396 e.